The molecule has 3 N–H and O–H groups in total. The van der Waals surface area contributed by atoms with Crippen molar-refractivity contribution in [3.8, 4) is 5.75 Å². The zero-order valence-electron chi connectivity index (χ0n) is 10.2. The topological polar surface area (TPSA) is 112 Å². The van der Waals surface area contributed by atoms with E-state index in [-0.39, 0.29) is 11.5 Å². The fraction of sp³-hybridized carbons (Fsp3) is 0.154. The summed E-state index contributed by atoms with van der Waals surface area (Å²) in [6, 6.07) is 6.58. The molecule has 19 heavy (non-hydrogen) atoms. The summed E-state index contributed by atoms with van der Waals surface area (Å²) in [5, 5.41) is 24.8. The maximum atomic E-state index is 11.1. The normalized spacial score (nSPS) is 9.53. The number of para-hydroxylation sites is 1. The lowest BCUT2D eigenvalue weighted by Gasteiger charge is -1.99. The van der Waals surface area contributed by atoms with Gasteiger partial charge in [0.2, 0.25) is 0 Å². The van der Waals surface area contributed by atoms with Gasteiger partial charge < -0.3 is 15.3 Å². The van der Waals surface area contributed by atoms with Crippen molar-refractivity contribution in [2.45, 2.75) is 13.3 Å². The molecule has 1 aromatic rings. The lowest BCUT2D eigenvalue weighted by atomic mass is 10.1. The van der Waals surface area contributed by atoms with Crippen LogP contribution < -0.4 is 0 Å². The second kappa shape index (κ2) is 8.46. The van der Waals surface area contributed by atoms with E-state index in [1.54, 1.807) is 25.1 Å². The van der Waals surface area contributed by atoms with Crippen LogP contribution in [0, 0.1) is 0 Å². The number of phenolic OH excluding ortho intramolecular Hbond substituents is 1. The number of benzene rings is 1. The minimum atomic E-state index is -1.26. The van der Waals surface area contributed by atoms with Crippen LogP contribution in [0.15, 0.2) is 36.4 Å². The van der Waals surface area contributed by atoms with Crippen molar-refractivity contribution in [1.29, 1.82) is 0 Å². The predicted molar refractivity (Wildman–Crippen MR) is 67.1 cm³/mol. The van der Waals surface area contributed by atoms with Crippen LogP contribution in [-0.2, 0) is 9.59 Å². The number of aliphatic carboxylic acids is 2. The lowest BCUT2D eigenvalue weighted by molar-refractivity contribution is -0.134. The molecule has 0 atom stereocenters. The number of carbonyl (C=O) groups is 3. The molecule has 0 aliphatic carbocycles. The van der Waals surface area contributed by atoms with Crippen LogP contribution in [-0.4, -0.2) is 33.0 Å². The molecule has 0 aliphatic heterocycles. The summed E-state index contributed by atoms with van der Waals surface area (Å²) >= 11 is 0. The smallest absolute Gasteiger partial charge is 0.328 e. The summed E-state index contributed by atoms with van der Waals surface area (Å²) in [7, 11) is 0. The molecule has 0 spiro atoms. The van der Waals surface area contributed by atoms with Crippen molar-refractivity contribution in [2.75, 3.05) is 0 Å². The molecule has 0 aromatic heterocycles. The van der Waals surface area contributed by atoms with Gasteiger partial charge in [0.15, 0.2) is 5.78 Å². The van der Waals surface area contributed by atoms with Gasteiger partial charge in [0.05, 0.1) is 5.56 Å². The molecule has 0 unspecified atom stereocenters. The van der Waals surface area contributed by atoms with Crippen molar-refractivity contribution in [3.63, 3.8) is 0 Å². The first-order valence-corrected chi connectivity index (χ1v) is 5.33. The first-order chi connectivity index (χ1) is 8.88. The first kappa shape index (κ1) is 16.4. The zero-order valence-corrected chi connectivity index (χ0v) is 10.2. The second-order valence-corrected chi connectivity index (χ2v) is 3.30. The Bertz CT molecular complexity index is 474. The highest BCUT2D eigenvalue weighted by molar-refractivity contribution is 5.98. The van der Waals surface area contributed by atoms with E-state index in [9.17, 15) is 19.5 Å². The molecular weight excluding hydrogens is 252 g/mol. The fourth-order valence-corrected chi connectivity index (χ4v) is 1.04. The van der Waals surface area contributed by atoms with Crippen molar-refractivity contribution in [1.82, 2.24) is 0 Å². The number of carboxylic acid groups (broad SMARTS) is 2. The molecule has 102 valence electrons. The average molecular weight is 266 g/mol. The van der Waals surface area contributed by atoms with Crippen LogP contribution in [0.5, 0.6) is 5.75 Å². The van der Waals surface area contributed by atoms with Gasteiger partial charge in [-0.3, -0.25) is 4.79 Å². The monoisotopic (exact) mass is 266 g/mol. The fourth-order valence-electron chi connectivity index (χ4n) is 1.04. The van der Waals surface area contributed by atoms with Crippen LogP contribution in [0.2, 0.25) is 0 Å². The van der Waals surface area contributed by atoms with Crippen LogP contribution in [0.4, 0.5) is 0 Å². The second-order valence-electron chi connectivity index (χ2n) is 3.30. The Kier molecular flexibility index (Phi) is 7.29. The van der Waals surface area contributed by atoms with Gasteiger partial charge in [0.25, 0.3) is 0 Å². The van der Waals surface area contributed by atoms with Crippen LogP contribution >= 0.6 is 0 Å². The first-order valence-electron chi connectivity index (χ1n) is 5.33. The summed E-state index contributed by atoms with van der Waals surface area (Å²) in [5.74, 6) is -2.47. The predicted octanol–water partition coefficient (Wildman–Crippen LogP) is 1.70. The Labute approximate surface area is 109 Å². The summed E-state index contributed by atoms with van der Waals surface area (Å²) < 4.78 is 0. The summed E-state index contributed by atoms with van der Waals surface area (Å²) in [4.78, 5) is 30.2. The molecular formula is C13H14O6. The number of Topliss-reactive ketones (excluding diaryl/α,β-unsaturated/α-hetero) is 1. The van der Waals surface area contributed by atoms with Gasteiger partial charge >= 0.3 is 11.9 Å². The molecule has 1 rings (SSSR count). The van der Waals surface area contributed by atoms with E-state index >= 15 is 0 Å². The van der Waals surface area contributed by atoms with Crippen molar-refractivity contribution < 1.29 is 29.7 Å². The number of phenols is 1. The molecule has 6 heteroatoms. The lowest BCUT2D eigenvalue weighted by Crippen LogP contribution is -1.95. The highest BCUT2D eigenvalue weighted by atomic mass is 16.4. The molecule has 0 bridgehead atoms. The van der Waals surface area contributed by atoms with Crippen LogP contribution in [0.1, 0.15) is 23.7 Å². The van der Waals surface area contributed by atoms with Crippen LogP contribution in [0.3, 0.4) is 0 Å². The zero-order chi connectivity index (χ0) is 14.8. The molecule has 0 aliphatic rings. The number of ketones is 1. The van der Waals surface area contributed by atoms with Gasteiger partial charge in [-0.1, -0.05) is 19.1 Å². The Balaban J connectivity index is 0.000000362. The highest BCUT2D eigenvalue weighted by Gasteiger charge is 2.06. The third-order valence-electron chi connectivity index (χ3n) is 1.89. The van der Waals surface area contributed by atoms with E-state index in [0.29, 0.717) is 24.1 Å². The van der Waals surface area contributed by atoms with E-state index in [1.165, 1.54) is 6.07 Å². The van der Waals surface area contributed by atoms with E-state index in [1.807, 2.05) is 0 Å². The summed E-state index contributed by atoms with van der Waals surface area (Å²) in [6.07, 6.45) is 1.54. The van der Waals surface area contributed by atoms with Crippen molar-refractivity contribution >= 4 is 17.7 Å². The highest BCUT2D eigenvalue weighted by Crippen LogP contribution is 2.16. The Morgan fingerprint density at radius 1 is 1.05 bits per heavy atom. The third-order valence-corrected chi connectivity index (χ3v) is 1.89. The van der Waals surface area contributed by atoms with Crippen LogP contribution in [0.25, 0.3) is 0 Å². The Hall–Kier alpha value is -2.63. The standard InChI is InChI=1S/C9H10O2.C4H4O4/c1-2-8(10)7-5-3-4-6-9(7)11;5-3(6)1-2-4(7)8/h3-6,11H,2H2,1H3;1-2H,(H,5,6)(H,7,8)/b;2-1+. The SMILES string of the molecule is CCC(=O)c1ccccc1O.O=C(O)/C=C/C(=O)O. The molecule has 0 heterocycles. The van der Waals surface area contributed by atoms with Gasteiger partial charge in [-0.05, 0) is 12.1 Å². The van der Waals surface area contributed by atoms with Crippen molar-refractivity contribution in [2.24, 2.45) is 0 Å². The quantitative estimate of drug-likeness (QED) is 0.564. The largest absolute Gasteiger partial charge is 0.507 e. The molecule has 0 amide bonds. The number of hydrogen-bond acceptors (Lipinski definition) is 4. The van der Waals surface area contributed by atoms with Gasteiger partial charge in [0, 0.05) is 18.6 Å². The van der Waals surface area contributed by atoms with Gasteiger partial charge in [-0.25, -0.2) is 9.59 Å². The van der Waals surface area contributed by atoms with Gasteiger partial charge in [-0.15, -0.1) is 0 Å². The Morgan fingerprint density at radius 3 is 1.89 bits per heavy atom. The van der Waals surface area contributed by atoms with Crippen molar-refractivity contribution in [3.05, 3.63) is 42.0 Å². The molecule has 0 fully saturated rings. The minimum Gasteiger partial charge on any atom is -0.507 e. The number of hydrogen-bond donors (Lipinski definition) is 3. The summed E-state index contributed by atoms with van der Waals surface area (Å²) in [5.41, 5.74) is 0.412. The summed E-state index contributed by atoms with van der Waals surface area (Å²) in [6.45, 7) is 1.77. The van der Waals surface area contributed by atoms with Gasteiger partial charge in [0.1, 0.15) is 5.75 Å². The maximum absolute atomic E-state index is 11.1. The molecule has 0 saturated carbocycles. The molecule has 0 radical (unpaired) electrons. The molecule has 6 nitrogen and oxygen atoms in total. The maximum Gasteiger partial charge on any atom is 0.328 e. The molecule has 0 saturated heterocycles. The van der Waals surface area contributed by atoms with E-state index in [4.69, 9.17) is 10.2 Å². The Morgan fingerprint density at radius 2 is 1.53 bits per heavy atom. The number of carboxylic acids is 2. The third kappa shape index (κ3) is 7.32. The minimum absolute atomic E-state index is 0.0249. The average Bonchev–Trinajstić information content (AvgIpc) is 2.37. The van der Waals surface area contributed by atoms with E-state index < -0.39 is 11.9 Å². The number of rotatable bonds is 4. The van der Waals surface area contributed by atoms with Gasteiger partial charge in [-0.2, -0.15) is 0 Å². The van der Waals surface area contributed by atoms with E-state index in [2.05, 4.69) is 0 Å². The number of carbonyl (C=O) groups excluding carboxylic acids is 1. The number of aromatic hydroxyl groups is 1. The molecule has 1 aromatic carbocycles. The van der Waals surface area contributed by atoms with E-state index in [0.717, 1.165) is 0 Å².